The first-order chi connectivity index (χ1) is 9.14. The molecule has 19 heavy (non-hydrogen) atoms. The van der Waals surface area contributed by atoms with Gasteiger partial charge < -0.3 is 8.85 Å². The van der Waals surface area contributed by atoms with E-state index in [1.54, 1.807) is 0 Å². The third kappa shape index (κ3) is 8.82. The molecule has 0 amide bonds. The Balaban J connectivity index is 4.03. The maximum atomic E-state index is 6.27. The Hall–Kier alpha value is 0.137. The lowest BCUT2D eigenvalue weighted by Crippen LogP contribution is -2.42. The smallest absolute Gasteiger partial charge is 0.337 e. The highest BCUT2D eigenvalue weighted by molar-refractivity contribution is 6.67. The number of rotatable bonds is 13. The zero-order chi connectivity index (χ0) is 14.6. The van der Waals surface area contributed by atoms with Crippen LogP contribution >= 0.6 is 0 Å². The Morgan fingerprint density at radius 1 is 0.842 bits per heavy atom. The van der Waals surface area contributed by atoms with E-state index < -0.39 is 8.56 Å². The average Bonchev–Trinajstić information content (AvgIpc) is 2.43. The maximum Gasteiger partial charge on any atom is 0.337 e. The molecule has 0 spiro atoms. The van der Waals surface area contributed by atoms with Gasteiger partial charge in [-0.3, -0.25) is 0 Å². The monoisotopic (exact) mass is 288 g/mol. The van der Waals surface area contributed by atoms with Gasteiger partial charge in [-0.1, -0.05) is 60.3 Å². The summed E-state index contributed by atoms with van der Waals surface area (Å²) >= 11 is 0. The lowest BCUT2D eigenvalue weighted by atomic mass is 10.1. The van der Waals surface area contributed by atoms with E-state index in [-0.39, 0.29) is 0 Å². The third-order valence-corrected chi connectivity index (χ3v) is 7.43. The minimum Gasteiger partial charge on any atom is -0.394 e. The van der Waals surface area contributed by atoms with Crippen molar-refractivity contribution in [1.82, 2.24) is 0 Å². The molecule has 3 heteroatoms. The fraction of sp³-hybridized carbons (Fsp3) is 1.00. The Morgan fingerprint density at radius 3 is 2.05 bits per heavy atom. The molecule has 0 bridgehead atoms. The first kappa shape index (κ1) is 19.1. The minimum atomic E-state index is -1.90. The fourth-order valence-electron chi connectivity index (χ4n) is 2.36. The Morgan fingerprint density at radius 2 is 1.53 bits per heavy atom. The molecule has 0 saturated carbocycles. The predicted molar refractivity (Wildman–Crippen MR) is 86.8 cm³/mol. The molecule has 0 heterocycles. The zero-order valence-corrected chi connectivity index (χ0v) is 15.0. The molecule has 0 aliphatic heterocycles. The number of hydrogen-bond acceptors (Lipinski definition) is 2. The van der Waals surface area contributed by atoms with Crippen molar-refractivity contribution in [3.63, 3.8) is 0 Å². The van der Waals surface area contributed by atoms with Crippen LogP contribution in [-0.4, -0.2) is 21.8 Å². The second kappa shape index (κ2) is 11.9. The molecule has 0 fully saturated rings. The SMILES string of the molecule is CCCCCCO[Si](CC)(CC)OCC(C)CCC. The van der Waals surface area contributed by atoms with E-state index in [1.807, 2.05) is 0 Å². The van der Waals surface area contributed by atoms with Gasteiger partial charge in [-0.15, -0.1) is 0 Å². The van der Waals surface area contributed by atoms with E-state index >= 15 is 0 Å². The van der Waals surface area contributed by atoms with Crippen LogP contribution in [0.4, 0.5) is 0 Å². The molecule has 0 aromatic rings. The molecule has 2 nitrogen and oxygen atoms in total. The molecule has 1 unspecified atom stereocenters. The summed E-state index contributed by atoms with van der Waals surface area (Å²) < 4.78 is 12.5. The van der Waals surface area contributed by atoms with Gasteiger partial charge in [-0.2, -0.15) is 0 Å². The first-order valence-electron chi connectivity index (χ1n) is 8.41. The highest BCUT2D eigenvalue weighted by atomic mass is 28.4. The summed E-state index contributed by atoms with van der Waals surface area (Å²) in [4.78, 5) is 0. The van der Waals surface area contributed by atoms with Crippen molar-refractivity contribution < 1.29 is 8.85 Å². The lowest BCUT2D eigenvalue weighted by Gasteiger charge is -2.30. The number of unbranched alkanes of at least 4 members (excludes halogenated alkanes) is 3. The van der Waals surface area contributed by atoms with E-state index in [4.69, 9.17) is 8.85 Å². The van der Waals surface area contributed by atoms with Crippen molar-refractivity contribution >= 4 is 8.56 Å². The quantitative estimate of drug-likeness (QED) is 0.328. The number of hydrogen-bond donors (Lipinski definition) is 0. The zero-order valence-electron chi connectivity index (χ0n) is 14.0. The summed E-state index contributed by atoms with van der Waals surface area (Å²) in [5.74, 6) is 0.665. The summed E-state index contributed by atoms with van der Waals surface area (Å²) in [6.07, 6.45) is 7.60. The molecule has 0 saturated heterocycles. The van der Waals surface area contributed by atoms with Crippen LogP contribution in [0, 0.1) is 5.92 Å². The highest BCUT2D eigenvalue weighted by Crippen LogP contribution is 2.21. The van der Waals surface area contributed by atoms with Gasteiger partial charge in [0.1, 0.15) is 0 Å². The Kier molecular flexibility index (Phi) is 12.0. The van der Waals surface area contributed by atoms with Gasteiger partial charge in [0.2, 0.25) is 0 Å². The van der Waals surface area contributed by atoms with Gasteiger partial charge in [-0.25, -0.2) is 0 Å². The van der Waals surface area contributed by atoms with Crippen LogP contribution in [-0.2, 0) is 8.85 Å². The summed E-state index contributed by atoms with van der Waals surface area (Å²) in [6, 6.07) is 2.16. The lowest BCUT2D eigenvalue weighted by molar-refractivity contribution is 0.144. The summed E-state index contributed by atoms with van der Waals surface area (Å²) in [5.41, 5.74) is 0. The molecule has 0 aromatic heterocycles. The van der Waals surface area contributed by atoms with E-state index in [0.29, 0.717) is 5.92 Å². The van der Waals surface area contributed by atoms with Gasteiger partial charge in [0.25, 0.3) is 0 Å². The second-order valence-corrected chi connectivity index (χ2v) is 9.54. The van der Waals surface area contributed by atoms with Gasteiger partial charge in [0.15, 0.2) is 0 Å². The largest absolute Gasteiger partial charge is 0.394 e. The van der Waals surface area contributed by atoms with E-state index in [0.717, 1.165) is 25.3 Å². The van der Waals surface area contributed by atoms with Crippen molar-refractivity contribution in [2.45, 2.75) is 85.2 Å². The highest BCUT2D eigenvalue weighted by Gasteiger charge is 2.33. The van der Waals surface area contributed by atoms with Crippen molar-refractivity contribution in [3.05, 3.63) is 0 Å². The van der Waals surface area contributed by atoms with Crippen molar-refractivity contribution in [1.29, 1.82) is 0 Å². The second-order valence-electron chi connectivity index (χ2n) is 5.73. The summed E-state index contributed by atoms with van der Waals surface area (Å²) in [5, 5.41) is 0. The summed E-state index contributed by atoms with van der Waals surface area (Å²) in [6.45, 7) is 13.0. The van der Waals surface area contributed by atoms with Crippen molar-refractivity contribution in [2.24, 2.45) is 5.92 Å². The molecule has 0 aliphatic carbocycles. The van der Waals surface area contributed by atoms with Gasteiger partial charge in [0, 0.05) is 13.2 Å². The van der Waals surface area contributed by atoms with E-state index in [1.165, 1.54) is 38.5 Å². The van der Waals surface area contributed by atoms with Crippen LogP contribution < -0.4 is 0 Å². The van der Waals surface area contributed by atoms with Crippen LogP contribution in [0.1, 0.15) is 73.1 Å². The van der Waals surface area contributed by atoms with Gasteiger partial charge in [-0.05, 0) is 30.8 Å². The standard InChI is InChI=1S/C16H36O2Si/c1-6-10-11-12-14-17-19(8-3,9-4)18-15-16(5)13-7-2/h16H,6-15H2,1-5H3. The molecular weight excluding hydrogens is 252 g/mol. The summed E-state index contributed by atoms with van der Waals surface area (Å²) in [7, 11) is -1.90. The molecule has 116 valence electrons. The molecule has 0 aromatic carbocycles. The molecule has 0 radical (unpaired) electrons. The van der Waals surface area contributed by atoms with Crippen LogP contribution in [0.15, 0.2) is 0 Å². The topological polar surface area (TPSA) is 18.5 Å². The average molecular weight is 289 g/mol. The molecular formula is C16H36O2Si. The molecule has 1 atom stereocenters. The fourth-order valence-corrected chi connectivity index (χ4v) is 4.86. The van der Waals surface area contributed by atoms with Crippen molar-refractivity contribution in [3.8, 4) is 0 Å². The first-order valence-corrected chi connectivity index (χ1v) is 10.6. The van der Waals surface area contributed by atoms with Crippen molar-refractivity contribution in [2.75, 3.05) is 13.2 Å². The van der Waals surface area contributed by atoms with E-state index in [9.17, 15) is 0 Å². The minimum absolute atomic E-state index is 0.665. The maximum absolute atomic E-state index is 6.27. The Labute approximate surface area is 122 Å². The van der Waals surface area contributed by atoms with Crippen LogP contribution in [0.25, 0.3) is 0 Å². The van der Waals surface area contributed by atoms with Gasteiger partial charge >= 0.3 is 8.56 Å². The normalized spacial score (nSPS) is 13.7. The van der Waals surface area contributed by atoms with Crippen LogP contribution in [0.5, 0.6) is 0 Å². The van der Waals surface area contributed by atoms with Crippen LogP contribution in [0.3, 0.4) is 0 Å². The Bertz CT molecular complexity index is 193. The van der Waals surface area contributed by atoms with E-state index in [2.05, 4.69) is 34.6 Å². The molecule has 0 N–H and O–H groups in total. The third-order valence-electron chi connectivity index (χ3n) is 3.85. The predicted octanol–water partition coefficient (Wildman–Crippen LogP) is 5.52. The molecule has 0 aliphatic rings. The molecule has 0 rings (SSSR count). The van der Waals surface area contributed by atoms with Gasteiger partial charge in [0.05, 0.1) is 0 Å². The van der Waals surface area contributed by atoms with Crippen LogP contribution in [0.2, 0.25) is 12.1 Å².